The number of thiophene rings is 1. The summed E-state index contributed by atoms with van der Waals surface area (Å²) in [5, 5.41) is 8.20. The molecule has 3 heterocycles. The first kappa shape index (κ1) is 20.4. The number of carbonyl (C=O) groups excluding carboxylic acids is 2. The zero-order chi connectivity index (χ0) is 21.1. The average molecular weight is 444 g/mol. The van der Waals surface area contributed by atoms with Gasteiger partial charge in [0.05, 0.1) is 18.2 Å². The summed E-state index contributed by atoms with van der Waals surface area (Å²) in [6.07, 6.45) is 0.843. The first-order valence-corrected chi connectivity index (χ1v) is 11.1. The lowest BCUT2D eigenvalue weighted by atomic mass is 10.1. The minimum Gasteiger partial charge on any atom is -0.454 e. The van der Waals surface area contributed by atoms with Crippen LogP contribution in [0, 0.1) is 6.92 Å². The molecule has 4 rings (SSSR count). The highest BCUT2D eigenvalue weighted by Gasteiger charge is 2.20. The van der Waals surface area contributed by atoms with Gasteiger partial charge in [-0.1, -0.05) is 12.1 Å². The summed E-state index contributed by atoms with van der Waals surface area (Å²) >= 11 is 2.97. The Morgan fingerprint density at radius 3 is 2.83 bits per heavy atom. The quantitative estimate of drug-likeness (QED) is 0.575. The van der Waals surface area contributed by atoms with Crippen LogP contribution < -0.4 is 20.1 Å². The molecular formula is C21H21N3O4S2. The first-order chi connectivity index (χ1) is 14.5. The number of anilines is 1. The van der Waals surface area contributed by atoms with Crippen LogP contribution in [0.3, 0.4) is 0 Å². The molecule has 0 saturated carbocycles. The minimum absolute atomic E-state index is 0.149. The molecule has 2 aromatic heterocycles. The largest absolute Gasteiger partial charge is 0.454 e. The molecule has 1 aliphatic rings. The molecule has 2 amide bonds. The van der Waals surface area contributed by atoms with E-state index in [-0.39, 0.29) is 31.1 Å². The maximum absolute atomic E-state index is 12.6. The van der Waals surface area contributed by atoms with Gasteiger partial charge in [-0.25, -0.2) is 4.98 Å². The number of benzene rings is 1. The summed E-state index contributed by atoms with van der Waals surface area (Å²) in [5.74, 6) is 1.15. The Kier molecular flexibility index (Phi) is 6.01. The van der Waals surface area contributed by atoms with Crippen molar-refractivity contribution in [2.45, 2.75) is 32.7 Å². The lowest BCUT2D eigenvalue weighted by molar-refractivity contribution is -0.120. The normalized spacial score (nSPS) is 13.1. The van der Waals surface area contributed by atoms with Gasteiger partial charge < -0.3 is 20.1 Å². The van der Waals surface area contributed by atoms with E-state index in [2.05, 4.69) is 15.6 Å². The Labute approximate surface area is 182 Å². The van der Waals surface area contributed by atoms with Gasteiger partial charge in [0.15, 0.2) is 16.6 Å². The fourth-order valence-corrected chi connectivity index (χ4v) is 4.99. The van der Waals surface area contributed by atoms with Crippen molar-refractivity contribution < 1.29 is 19.1 Å². The number of carbonyl (C=O) groups is 2. The van der Waals surface area contributed by atoms with Crippen molar-refractivity contribution in [2.24, 2.45) is 0 Å². The predicted octanol–water partition coefficient (Wildman–Crippen LogP) is 4.04. The van der Waals surface area contributed by atoms with Crippen LogP contribution in [-0.2, 0) is 16.0 Å². The van der Waals surface area contributed by atoms with Gasteiger partial charge in [-0.15, -0.1) is 22.7 Å². The molecule has 9 heteroatoms. The zero-order valence-corrected chi connectivity index (χ0v) is 18.2. The lowest BCUT2D eigenvalue weighted by Gasteiger charge is -2.15. The van der Waals surface area contributed by atoms with E-state index in [9.17, 15) is 9.59 Å². The number of thiazole rings is 1. The summed E-state index contributed by atoms with van der Waals surface area (Å²) in [6, 6.07) is 9.35. The standard InChI is InChI=1S/C21H21N3O4S2/c1-12-19(9-14-5-6-16-17(8-14)28-11-27-16)30-21(22-12)24-20(26)10-15(23-13(2)25)18-4-3-7-29-18/h3-8,15H,9-11H2,1-2H3,(H,23,25)(H,22,24,26). The minimum atomic E-state index is -0.350. The molecular weight excluding hydrogens is 422 g/mol. The van der Waals surface area contributed by atoms with Crippen molar-refractivity contribution >= 4 is 39.6 Å². The Morgan fingerprint density at radius 1 is 1.23 bits per heavy atom. The molecule has 3 aromatic rings. The first-order valence-electron chi connectivity index (χ1n) is 9.43. The number of hydrogen-bond acceptors (Lipinski definition) is 7. The maximum atomic E-state index is 12.6. The molecule has 0 saturated heterocycles. The average Bonchev–Trinajstić information content (AvgIpc) is 3.42. The summed E-state index contributed by atoms with van der Waals surface area (Å²) in [4.78, 5) is 30.6. The van der Waals surface area contributed by atoms with Crippen molar-refractivity contribution in [3.63, 3.8) is 0 Å². The lowest BCUT2D eigenvalue weighted by Crippen LogP contribution is -2.29. The van der Waals surface area contributed by atoms with E-state index in [0.717, 1.165) is 32.5 Å². The van der Waals surface area contributed by atoms with E-state index in [1.54, 1.807) is 0 Å². The van der Waals surface area contributed by atoms with Crippen molar-refractivity contribution in [1.29, 1.82) is 0 Å². The number of ether oxygens (including phenoxy) is 2. The fourth-order valence-electron chi connectivity index (χ4n) is 3.20. The highest BCUT2D eigenvalue weighted by molar-refractivity contribution is 7.15. The van der Waals surface area contributed by atoms with Crippen LogP contribution in [0.25, 0.3) is 0 Å². The fraction of sp³-hybridized carbons (Fsp3) is 0.286. The number of nitrogens with one attached hydrogen (secondary N) is 2. The molecule has 0 spiro atoms. The number of aryl methyl sites for hydroxylation is 1. The highest BCUT2D eigenvalue weighted by Crippen LogP contribution is 2.34. The van der Waals surface area contributed by atoms with Crippen LogP contribution in [-0.4, -0.2) is 23.6 Å². The van der Waals surface area contributed by atoms with Crippen LogP contribution in [0.1, 0.15) is 40.4 Å². The number of fused-ring (bicyclic) bond motifs is 1. The van der Waals surface area contributed by atoms with Crippen molar-refractivity contribution in [3.8, 4) is 11.5 Å². The van der Waals surface area contributed by atoms with Crippen LogP contribution in [0.15, 0.2) is 35.7 Å². The van der Waals surface area contributed by atoms with E-state index in [1.807, 2.05) is 42.6 Å². The molecule has 0 fully saturated rings. The Morgan fingerprint density at radius 2 is 2.07 bits per heavy atom. The topological polar surface area (TPSA) is 89.6 Å². The van der Waals surface area contributed by atoms with Gasteiger partial charge in [-0.3, -0.25) is 9.59 Å². The van der Waals surface area contributed by atoms with Crippen LogP contribution in [0.2, 0.25) is 0 Å². The molecule has 0 bridgehead atoms. The van der Waals surface area contributed by atoms with Gasteiger partial charge in [0.2, 0.25) is 18.6 Å². The van der Waals surface area contributed by atoms with E-state index >= 15 is 0 Å². The smallest absolute Gasteiger partial charge is 0.231 e. The Hall–Kier alpha value is -2.91. The zero-order valence-electron chi connectivity index (χ0n) is 16.6. The van der Waals surface area contributed by atoms with E-state index in [4.69, 9.17) is 9.47 Å². The number of nitrogens with zero attached hydrogens (tertiary/aromatic N) is 1. The van der Waals surface area contributed by atoms with Gasteiger partial charge in [-0.2, -0.15) is 0 Å². The molecule has 0 radical (unpaired) electrons. The van der Waals surface area contributed by atoms with Gasteiger partial charge >= 0.3 is 0 Å². The van der Waals surface area contributed by atoms with Crippen molar-refractivity contribution in [1.82, 2.24) is 10.3 Å². The number of aromatic nitrogens is 1. The van der Waals surface area contributed by atoms with Crippen LogP contribution >= 0.6 is 22.7 Å². The molecule has 1 aromatic carbocycles. The summed E-state index contributed by atoms with van der Waals surface area (Å²) in [5.41, 5.74) is 1.97. The van der Waals surface area contributed by atoms with E-state index in [1.165, 1.54) is 29.6 Å². The predicted molar refractivity (Wildman–Crippen MR) is 116 cm³/mol. The summed E-state index contributed by atoms with van der Waals surface area (Å²) in [6.45, 7) is 3.63. The second kappa shape index (κ2) is 8.85. The Balaban J connectivity index is 1.41. The van der Waals surface area contributed by atoms with Crippen molar-refractivity contribution in [2.75, 3.05) is 12.1 Å². The van der Waals surface area contributed by atoms with E-state index in [0.29, 0.717) is 11.6 Å². The highest BCUT2D eigenvalue weighted by atomic mass is 32.1. The monoisotopic (exact) mass is 443 g/mol. The summed E-state index contributed by atoms with van der Waals surface area (Å²) in [7, 11) is 0. The number of rotatable bonds is 7. The molecule has 2 N–H and O–H groups in total. The molecule has 30 heavy (non-hydrogen) atoms. The van der Waals surface area contributed by atoms with Crippen LogP contribution in [0.5, 0.6) is 11.5 Å². The molecule has 0 aliphatic carbocycles. The second-order valence-corrected chi connectivity index (χ2v) is 8.98. The SMILES string of the molecule is CC(=O)NC(CC(=O)Nc1nc(C)c(Cc2ccc3c(c2)OCO3)s1)c1cccs1. The second-order valence-electron chi connectivity index (χ2n) is 6.91. The maximum Gasteiger partial charge on any atom is 0.231 e. The third kappa shape index (κ3) is 4.80. The number of hydrogen-bond donors (Lipinski definition) is 2. The van der Waals surface area contributed by atoms with E-state index < -0.39 is 0 Å². The molecule has 1 aliphatic heterocycles. The van der Waals surface area contributed by atoms with Gasteiger partial charge in [0, 0.05) is 23.1 Å². The third-order valence-electron chi connectivity index (χ3n) is 4.59. The van der Waals surface area contributed by atoms with Gasteiger partial charge in [0.25, 0.3) is 0 Å². The summed E-state index contributed by atoms with van der Waals surface area (Å²) < 4.78 is 10.8. The van der Waals surface area contributed by atoms with Gasteiger partial charge in [-0.05, 0) is 36.1 Å². The van der Waals surface area contributed by atoms with Crippen molar-refractivity contribution in [3.05, 3.63) is 56.7 Å². The van der Waals surface area contributed by atoms with Gasteiger partial charge in [0.1, 0.15) is 0 Å². The number of amides is 2. The third-order valence-corrected chi connectivity index (χ3v) is 6.65. The Bertz CT molecular complexity index is 1060. The van der Waals surface area contributed by atoms with Crippen LogP contribution in [0.4, 0.5) is 5.13 Å². The molecule has 156 valence electrons. The molecule has 7 nitrogen and oxygen atoms in total. The molecule has 1 atom stereocenters. The molecule has 1 unspecified atom stereocenters.